The lowest BCUT2D eigenvalue weighted by Crippen LogP contribution is -2.32. The average molecular weight is 334 g/mol. The fraction of sp³-hybridized carbons (Fsp3) is 0.786. The lowest BCUT2D eigenvalue weighted by atomic mass is 9.98. The average Bonchev–Trinajstić information content (AvgIpc) is 2.70. The lowest BCUT2D eigenvalue weighted by molar-refractivity contribution is 0.565. The van der Waals surface area contributed by atoms with E-state index in [1.54, 1.807) is 18.3 Å². The number of nitrogens with zero attached hydrogens (tertiary/aromatic N) is 1. The Kier molecular flexibility index (Phi) is 6.34. The van der Waals surface area contributed by atoms with Gasteiger partial charge in [-0.2, -0.15) is 0 Å². The first-order chi connectivity index (χ1) is 9.57. The molecule has 1 atom stereocenters. The van der Waals surface area contributed by atoms with Crippen molar-refractivity contribution >= 4 is 21.4 Å². The first-order valence-electron chi connectivity index (χ1n) is 7.25. The first-order valence-corrected chi connectivity index (χ1v) is 9.72. The third-order valence-electron chi connectivity index (χ3n) is 3.05. The minimum Gasteiger partial charge on any atom is -0.308 e. The molecule has 0 radical (unpaired) electrons. The van der Waals surface area contributed by atoms with Gasteiger partial charge in [-0.1, -0.05) is 27.7 Å². The number of sulfonamides is 1. The van der Waals surface area contributed by atoms with Gasteiger partial charge in [0.05, 0.1) is 16.5 Å². The molecular formula is C14H27N3O2S2. The zero-order valence-electron chi connectivity index (χ0n) is 13.8. The van der Waals surface area contributed by atoms with Crippen molar-refractivity contribution < 1.29 is 8.42 Å². The van der Waals surface area contributed by atoms with Gasteiger partial charge in [0.2, 0.25) is 10.0 Å². The molecule has 0 saturated heterocycles. The van der Waals surface area contributed by atoms with Crippen LogP contribution in [0, 0.1) is 6.92 Å². The SMILES string of the molecule is CCNS(=O)(=O)CCNC(C)c1sc(C(C)(C)C)nc1C. The van der Waals surface area contributed by atoms with E-state index in [0.29, 0.717) is 13.1 Å². The Balaban J connectivity index is 2.65. The van der Waals surface area contributed by atoms with E-state index >= 15 is 0 Å². The maximum absolute atomic E-state index is 11.6. The Hall–Kier alpha value is -0.500. The van der Waals surface area contributed by atoms with Crippen molar-refractivity contribution in [3.05, 3.63) is 15.6 Å². The number of aryl methyl sites for hydroxylation is 1. The van der Waals surface area contributed by atoms with E-state index in [4.69, 9.17) is 0 Å². The normalized spacial score (nSPS) is 14.4. The molecule has 7 heteroatoms. The Morgan fingerprint density at radius 2 is 1.95 bits per heavy atom. The Morgan fingerprint density at radius 1 is 1.33 bits per heavy atom. The minimum absolute atomic E-state index is 0.0434. The monoisotopic (exact) mass is 333 g/mol. The van der Waals surface area contributed by atoms with Gasteiger partial charge in [0.25, 0.3) is 0 Å². The summed E-state index contributed by atoms with van der Waals surface area (Å²) in [6.07, 6.45) is 0. The van der Waals surface area contributed by atoms with E-state index in [-0.39, 0.29) is 17.2 Å². The highest BCUT2D eigenvalue weighted by Gasteiger charge is 2.22. The van der Waals surface area contributed by atoms with Crippen molar-refractivity contribution in [1.82, 2.24) is 15.0 Å². The van der Waals surface area contributed by atoms with Gasteiger partial charge in [0.15, 0.2) is 0 Å². The second-order valence-electron chi connectivity index (χ2n) is 6.21. The summed E-state index contributed by atoms with van der Waals surface area (Å²) in [5.74, 6) is 0.0924. The van der Waals surface area contributed by atoms with Crippen molar-refractivity contribution in [3.63, 3.8) is 0 Å². The summed E-state index contributed by atoms with van der Waals surface area (Å²) in [4.78, 5) is 5.82. The van der Waals surface area contributed by atoms with Crippen LogP contribution in [-0.4, -0.2) is 32.2 Å². The molecule has 1 heterocycles. The molecule has 1 rings (SSSR count). The van der Waals surface area contributed by atoms with Gasteiger partial charge in [0.1, 0.15) is 0 Å². The summed E-state index contributed by atoms with van der Waals surface area (Å²) in [5.41, 5.74) is 1.07. The number of hydrogen-bond donors (Lipinski definition) is 2. The van der Waals surface area contributed by atoms with E-state index in [0.717, 1.165) is 10.7 Å². The van der Waals surface area contributed by atoms with E-state index in [1.807, 2.05) is 13.8 Å². The van der Waals surface area contributed by atoms with Crippen LogP contribution in [0.25, 0.3) is 0 Å². The van der Waals surface area contributed by atoms with Crippen molar-refractivity contribution in [1.29, 1.82) is 0 Å². The number of thiazole rings is 1. The molecule has 0 amide bonds. The van der Waals surface area contributed by atoms with Gasteiger partial charge >= 0.3 is 0 Å². The van der Waals surface area contributed by atoms with Crippen LogP contribution in [0.4, 0.5) is 0 Å². The van der Waals surface area contributed by atoms with Gasteiger partial charge in [-0.25, -0.2) is 18.1 Å². The third-order valence-corrected chi connectivity index (χ3v) is 6.29. The smallest absolute Gasteiger partial charge is 0.212 e. The largest absolute Gasteiger partial charge is 0.308 e. The highest BCUT2D eigenvalue weighted by atomic mass is 32.2. The predicted molar refractivity (Wildman–Crippen MR) is 89.4 cm³/mol. The quantitative estimate of drug-likeness (QED) is 0.803. The predicted octanol–water partition coefficient (Wildman–Crippen LogP) is 2.34. The molecule has 0 aliphatic rings. The molecule has 5 nitrogen and oxygen atoms in total. The van der Waals surface area contributed by atoms with E-state index in [9.17, 15) is 8.42 Å². The summed E-state index contributed by atoms with van der Waals surface area (Å²) in [7, 11) is -3.16. The zero-order valence-corrected chi connectivity index (χ0v) is 15.4. The molecule has 0 spiro atoms. The maximum atomic E-state index is 11.6. The molecule has 0 saturated carbocycles. The van der Waals surface area contributed by atoms with Crippen LogP contribution >= 0.6 is 11.3 Å². The standard InChI is InChI=1S/C14H27N3O2S2/c1-7-16-21(18,19)9-8-15-10(2)12-11(3)17-13(20-12)14(4,5)6/h10,15-16H,7-9H2,1-6H3. The van der Waals surface area contributed by atoms with Crippen LogP contribution < -0.4 is 10.0 Å². The van der Waals surface area contributed by atoms with Gasteiger partial charge in [-0.3, -0.25) is 0 Å². The van der Waals surface area contributed by atoms with Crippen molar-refractivity contribution in [3.8, 4) is 0 Å². The summed E-state index contributed by atoms with van der Waals surface area (Å²) in [6, 6.07) is 0.107. The number of rotatable bonds is 7. The number of nitrogens with one attached hydrogen (secondary N) is 2. The molecule has 122 valence electrons. The van der Waals surface area contributed by atoms with Crippen molar-refractivity contribution in [2.75, 3.05) is 18.8 Å². The molecule has 0 aliphatic heterocycles. The zero-order chi connectivity index (χ0) is 16.3. The Labute approximate surface area is 132 Å². The summed E-state index contributed by atoms with van der Waals surface area (Å²) in [5, 5.41) is 4.39. The summed E-state index contributed by atoms with van der Waals surface area (Å²) >= 11 is 1.70. The summed E-state index contributed by atoms with van der Waals surface area (Å²) < 4.78 is 25.7. The highest BCUT2D eigenvalue weighted by Crippen LogP contribution is 2.32. The van der Waals surface area contributed by atoms with E-state index in [2.05, 4.69) is 35.8 Å². The second-order valence-corrected chi connectivity index (χ2v) is 9.17. The van der Waals surface area contributed by atoms with Crippen LogP contribution in [-0.2, 0) is 15.4 Å². The van der Waals surface area contributed by atoms with Crippen LogP contribution in [0.1, 0.15) is 56.2 Å². The van der Waals surface area contributed by atoms with Gasteiger partial charge in [-0.05, 0) is 13.8 Å². The van der Waals surface area contributed by atoms with Crippen LogP contribution in [0.5, 0.6) is 0 Å². The first kappa shape index (κ1) is 18.5. The van der Waals surface area contributed by atoms with E-state index < -0.39 is 10.0 Å². The molecule has 1 unspecified atom stereocenters. The molecule has 0 bridgehead atoms. The van der Waals surface area contributed by atoms with Crippen LogP contribution in [0.2, 0.25) is 0 Å². The summed E-state index contributed by atoms with van der Waals surface area (Å²) in [6.45, 7) is 13.1. The molecule has 0 aliphatic carbocycles. The van der Waals surface area contributed by atoms with Crippen LogP contribution in [0.3, 0.4) is 0 Å². The van der Waals surface area contributed by atoms with Gasteiger partial charge in [0, 0.05) is 29.4 Å². The molecule has 21 heavy (non-hydrogen) atoms. The van der Waals surface area contributed by atoms with Crippen molar-refractivity contribution in [2.45, 2.75) is 53.0 Å². The molecule has 0 aromatic carbocycles. The second kappa shape index (κ2) is 7.17. The molecular weight excluding hydrogens is 306 g/mol. The topological polar surface area (TPSA) is 71.1 Å². The molecule has 2 N–H and O–H groups in total. The third kappa shape index (κ3) is 5.65. The van der Waals surface area contributed by atoms with Gasteiger partial charge < -0.3 is 5.32 Å². The lowest BCUT2D eigenvalue weighted by Gasteiger charge is -2.14. The highest BCUT2D eigenvalue weighted by molar-refractivity contribution is 7.89. The molecule has 1 aromatic heterocycles. The minimum atomic E-state index is -3.16. The van der Waals surface area contributed by atoms with Crippen LogP contribution in [0.15, 0.2) is 0 Å². The van der Waals surface area contributed by atoms with Gasteiger partial charge in [-0.15, -0.1) is 11.3 Å². The van der Waals surface area contributed by atoms with E-state index in [1.165, 1.54) is 4.88 Å². The molecule has 0 fully saturated rings. The number of aromatic nitrogens is 1. The molecule has 1 aromatic rings. The fourth-order valence-electron chi connectivity index (χ4n) is 1.93. The Bertz CT molecular complexity index is 559. The number of hydrogen-bond acceptors (Lipinski definition) is 5. The fourth-order valence-corrected chi connectivity index (χ4v) is 4.05. The maximum Gasteiger partial charge on any atom is 0.212 e. The Morgan fingerprint density at radius 3 is 2.43 bits per heavy atom. The van der Waals surface area contributed by atoms with Crippen molar-refractivity contribution in [2.24, 2.45) is 0 Å².